The Hall–Kier alpha value is -2.99. The van der Waals surface area contributed by atoms with E-state index < -0.39 is 0 Å². The highest BCUT2D eigenvalue weighted by atomic mass is 35.5. The second-order valence-electron chi connectivity index (χ2n) is 5.54. The zero-order chi connectivity index (χ0) is 17.2. The van der Waals surface area contributed by atoms with E-state index in [0.29, 0.717) is 22.5 Å². The SMILES string of the molecule is Cc1ccc(Cl)cc1Nc1nccc(Nc2ccc3c(c2)OCO3)n1. The van der Waals surface area contributed by atoms with Gasteiger partial charge in [-0.25, -0.2) is 4.98 Å². The molecule has 0 spiro atoms. The summed E-state index contributed by atoms with van der Waals surface area (Å²) >= 11 is 6.05. The highest BCUT2D eigenvalue weighted by Gasteiger charge is 2.13. The Morgan fingerprint density at radius 1 is 1.00 bits per heavy atom. The average Bonchev–Trinajstić information content (AvgIpc) is 3.06. The number of halogens is 1. The van der Waals surface area contributed by atoms with Crippen molar-refractivity contribution >= 4 is 34.7 Å². The van der Waals surface area contributed by atoms with Crippen LogP contribution in [0.5, 0.6) is 11.5 Å². The maximum absolute atomic E-state index is 6.05. The van der Waals surface area contributed by atoms with Gasteiger partial charge in [-0.1, -0.05) is 17.7 Å². The molecule has 0 radical (unpaired) electrons. The van der Waals surface area contributed by atoms with Gasteiger partial charge in [0.15, 0.2) is 11.5 Å². The molecule has 0 saturated carbocycles. The van der Waals surface area contributed by atoms with E-state index in [1.165, 1.54) is 0 Å². The highest BCUT2D eigenvalue weighted by molar-refractivity contribution is 6.30. The van der Waals surface area contributed by atoms with Gasteiger partial charge in [-0.2, -0.15) is 4.98 Å². The standard InChI is InChI=1S/C18H15ClN4O2/c1-11-2-3-12(19)8-14(11)22-18-20-7-6-17(23-18)21-13-4-5-15-16(9-13)25-10-24-15/h2-9H,10H2,1H3,(H2,20,21,22,23). The monoisotopic (exact) mass is 354 g/mol. The molecule has 4 rings (SSSR count). The minimum absolute atomic E-state index is 0.249. The molecule has 0 fully saturated rings. The lowest BCUT2D eigenvalue weighted by molar-refractivity contribution is 0.174. The number of nitrogens with zero attached hydrogens (tertiary/aromatic N) is 2. The molecule has 0 saturated heterocycles. The molecule has 25 heavy (non-hydrogen) atoms. The number of hydrogen-bond donors (Lipinski definition) is 2. The lowest BCUT2D eigenvalue weighted by Gasteiger charge is -2.10. The summed E-state index contributed by atoms with van der Waals surface area (Å²) in [6.45, 7) is 2.24. The molecule has 0 amide bonds. The molecule has 1 aliphatic rings. The van der Waals surface area contributed by atoms with Crippen LogP contribution in [0.4, 0.5) is 23.1 Å². The molecule has 7 heteroatoms. The molecule has 3 aromatic rings. The molecule has 126 valence electrons. The van der Waals surface area contributed by atoms with E-state index in [2.05, 4.69) is 20.6 Å². The van der Waals surface area contributed by atoms with E-state index in [9.17, 15) is 0 Å². The Morgan fingerprint density at radius 3 is 2.80 bits per heavy atom. The number of ether oxygens (including phenoxy) is 2. The fourth-order valence-electron chi connectivity index (χ4n) is 2.46. The first kappa shape index (κ1) is 15.5. The molecule has 2 N–H and O–H groups in total. The van der Waals surface area contributed by atoms with Gasteiger partial charge >= 0.3 is 0 Å². The minimum Gasteiger partial charge on any atom is -0.454 e. The van der Waals surface area contributed by atoms with Gasteiger partial charge < -0.3 is 20.1 Å². The summed E-state index contributed by atoms with van der Waals surface area (Å²) < 4.78 is 10.7. The number of hydrogen-bond acceptors (Lipinski definition) is 6. The second-order valence-corrected chi connectivity index (χ2v) is 5.98. The van der Waals surface area contributed by atoms with Crippen molar-refractivity contribution < 1.29 is 9.47 Å². The zero-order valence-corrected chi connectivity index (χ0v) is 14.2. The van der Waals surface area contributed by atoms with Crippen LogP contribution in [0, 0.1) is 6.92 Å². The Labute approximate surface area is 149 Å². The van der Waals surface area contributed by atoms with Crippen molar-refractivity contribution in [1.29, 1.82) is 0 Å². The number of aromatic nitrogens is 2. The van der Waals surface area contributed by atoms with Crippen molar-refractivity contribution in [2.45, 2.75) is 6.92 Å². The molecule has 0 aliphatic carbocycles. The topological polar surface area (TPSA) is 68.3 Å². The quantitative estimate of drug-likeness (QED) is 0.710. The van der Waals surface area contributed by atoms with Crippen LogP contribution in [0.2, 0.25) is 5.02 Å². The first-order valence-electron chi connectivity index (χ1n) is 7.70. The largest absolute Gasteiger partial charge is 0.454 e. The highest BCUT2D eigenvalue weighted by Crippen LogP contribution is 2.35. The smallest absolute Gasteiger partial charge is 0.231 e. The van der Waals surface area contributed by atoms with Gasteiger partial charge in [0.25, 0.3) is 0 Å². The molecule has 0 atom stereocenters. The van der Waals surface area contributed by atoms with E-state index in [1.54, 1.807) is 12.3 Å². The van der Waals surface area contributed by atoms with Crippen LogP contribution in [-0.4, -0.2) is 16.8 Å². The zero-order valence-electron chi connectivity index (χ0n) is 13.4. The first-order valence-corrected chi connectivity index (χ1v) is 8.08. The van der Waals surface area contributed by atoms with Crippen LogP contribution in [0.1, 0.15) is 5.56 Å². The molecular formula is C18H15ClN4O2. The molecular weight excluding hydrogens is 340 g/mol. The Morgan fingerprint density at radius 2 is 1.88 bits per heavy atom. The van der Waals surface area contributed by atoms with Gasteiger partial charge in [0.2, 0.25) is 12.7 Å². The molecule has 1 aliphatic heterocycles. The van der Waals surface area contributed by atoms with Crippen molar-refractivity contribution in [3.05, 3.63) is 59.2 Å². The van der Waals surface area contributed by atoms with Gasteiger partial charge in [-0.15, -0.1) is 0 Å². The van der Waals surface area contributed by atoms with Crippen LogP contribution in [0.3, 0.4) is 0 Å². The first-order chi connectivity index (χ1) is 12.2. The van der Waals surface area contributed by atoms with Crippen molar-refractivity contribution in [3.63, 3.8) is 0 Å². The number of nitrogens with one attached hydrogen (secondary N) is 2. The summed E-state index contributed by atoms with van der Waals surface area (Å²) in [4.78, 5) is 8.73. The predicted molar refractivity (Wildman–Crippen MR) is 97.4 cm³/mol. The molecule has 6 nitrogen and oxygen atoms in total. The van der Waals surface area contributed by atoms with Gasteiger partial charge in [-0.3, -0.25) is 0 Å². The maximum Gasteiger partial charge on any atom is 0.231 e. The van der Waals surface area contributed by atoms with Crippen molar-refractivity contribution in [2.75, 3.05) is 17.4 Å². The molecule has 1 aromatic heterocycles. The summed E-state index contributed by atoms with van der Waals surface area (Å²) in [5, 5.41) is 7.08. The third kappa shape index (κ3) is 3.44. The fraction of sp³-hybridized carbons (Fsp3) is 0.111. The molecule has 2 aromatic carbocycles. The van der Waals surface area contributed by atoms with Crippen LogP contribution >= 0.6 is 11.6 Å². The number of benzene rings is 2. The van der Waals surface area contributed by atoms with Gasteiger partial charge in [0.05, 0.1) is 0 Å². The van der Waals surface area contributed by atoms with E-state index >= 15 is 0 Å². The van der Waals surface area contributed by atoms with E-state index in [-0.39, 0.29) is 6.79 Å². The fourth-order valence-corrected chi connectivity index (χ4v) is 2.63. The van der Waals surface area contributed by atoms with E-state index in [0.717, 1.165) is 22.7 Å². The normalized spacial score (nSPS) is 12.1. The third-order valence-corrected chi connectivity index (χ3v) is 3.98. The number of rotatable bonds is 4. The Balaban J connectivity index is 1.54. The molecule has 2 heterocycles. The molecule has 0 bridgehead atoms. The van der Waals surface area contributed by atoms with Crippen molar-refractivity contribution in [1.82, 2.24) is 9.97 Å². The lowest BCUT2D eigenvalue weighted by Crippen LogP contribution is -2.01. The number of fused-ring (bicyclic) bond motifs is 1. The summed E-state index contributed by atoms with van der Waals surface area (Å²) in [5.41, 5.74) is 2.78. The average molecular weight is 355 g/mol. The van der Waals surface area contributed by atoms with Crippen LogP contribution in [0.15, 0.2) is 48.7 Å². The molecule has 0 unspecified atom stereocenters. The lowest BCUT2D eigenvalue weighted by atomic mass is 10.2. The van der Waals surface area contributed by atoms with Crippen molar-refractivity contribution in [3.8, 4) is 11.5 Å². The predicted octanol–water partition coefficient (Wildman–Crippen LogP) is 4.65. The summed E-state index contributed by atoms with van der Waals surface area (Å²) in [7, 11) is 0. The third-order valence-electron chi connectivity index (χ3n) is 3.75. The maximum atomic E-state index is 6.05. The van der Waals surface area contributed by atoms with Crippen LogP contribution < -0.4 is 20.1 Å². The number of aryl methyl sites for hydroxylation is 1. The number of anilines is 4. The Kier molecular flexibility index (Phi) is 4.03. The van der Waals surface area contributed by atoms with Crippen LogP contribution in [-0.2, 0) is 0 Å². The summed E-state index contributed by atoms with van der Waals surface area (Å²) in [6, 6.07) is 13.1. The Bertz CT molecular complexity index is 933. The van der Waals surface area contributed by atoms with E-state index in [1.807, 2.05) is 43.3 Å². The van der Waals surface area contributed by atoms with Gasteiger partial charge in [-0.05, 0) is 42.8 Å². The summed E-state index contributed by atoms with van der Waals surface area (Å²) in [6.07, 6.45) is 1.69. The minimum atomic E-state index is 0.249. The van der Waals surface area contributed by atoms with Gasteiger partial charge in [0, 0.05) is 28.7 Å². The van der Waals surface area contributed by atoms with E-state index in [4.69, 9.17) is 21.1 Å². The summed E-state index contributed by atoms with van der Waals surface area (Å²) in [5.74, 6) is 2.60. The van der Waals surface area contributed by atoms with Gasteiger partial charge in [0.1, 0.15) is 5.82 Å². The second kappa shape index (κ2) is 6.49. The van der Waals surface area contributed by atoms with Crippen LogP contribution in [0.25, 0.3) is 0 Å². The van der Waals surface area contributed by atoms with Crippen molar-refractivity contribution in [2.24, 2.45) is 0 Å².